The third-order valence-corrected chi connectivity index (χ3v) is 2.47. The maximum Gasteiger partial charge on any atom is 0.254 e. The molecule has 13 heavy (non-hydrogen) atoms. The molecule has 0 saturated heterocycles. The molecule has 0 spiro atoms. The first kappa shape index (κ1) is 8.10. The van der Waals surface area contributed by atoms with Crippen LogP contribution in [-0.4, -0.2) is 9.13 Å². The van der Waals surface area contributed by atoms with Crippen molar-refractivity contribution in [2.75, 3.05) is 0 Å². The predicted molar refractivity (Wildman–Crippen MR) is 52.0 cm³/mol. The second-order valence-corrected chi connectivity index (χ2v) is 3.40. The first-order valence-electron chi connectivity index (χ1n) is 4.22. The van der Waals surface area contributed by atoms with Crippen LogP contribution >= 0.6 is 0 Å². The van der Waals surface area contributed by atoms with E-state index in [1.54, 1.807) is 11.6 Å². The van der Waals surface area contributed by atoms with E-state index in [9.17, 15) is 4.79 Å². The van der Waals surface area contributed by atoms with Gasteiger partial charge in [-0.05, 0) is 13.0 Å². The maximum atomic E-state index is 11.6. The molecule has 68 valence electrons. The van der Waals surface area contributed by atoms with Crippen molar-refractivity contribution in [1.82, 2.24) is 9.13 Å². The Balaban J connectivity index is 2.94. The number of rotatable bonds is 0. The standard InChI is InChI=1S/C10H12N2O/c1-7-8-4-5-11(2)6-9(8)12(3)10(7)13/h4-6H,1-3H3. The van der Waals surface area contributed by atoms with Crippen LogP contribution in [0, 0.1) is 6.92 Å². The molecule has 0 aliphatic carbocycles. The largest absolute Gasteiger partial charge is 0.355 e. The van der Waals surface area contributed by atoms with Crippen LogP contribution < -0.4 is 5.56 Å². The van der Waals surface area contributed by atoms with Crippen molar-refractivity contribution in [2.24, 2.45) is 14.1 Å². The van der Waals surface area contributed by atoms with Crippen molar-refractivity contribution in [3.63, 3.8) is 0 Å². The summed E-state index contributed by atoms with van der Waals surface area (Å²) < 4.78 is 3.63. The van der Waals surface area contributed by atoms with Gasteiger partial charge in [-0.3, -0.25) is 4.79 Å². The normalized spacial score (nSPS) is 11.0. The molecule has 0 unspecified atom stereocenters. The summed E-state index contributed by atoms with van der Waals surface area (Å²) in [5.41, 5.74) is 2.97. The Morgan fingerprint density at radius 3 is 2.69 bits per heavy atom. The Morgan fingerprint density at radius 2 is 2.00 bits per heavy atom. The van der Waals surface area contributed by atoms with Gasteiger partial charge in [0.1, 0.15) is 0 Å². The van der Waals surface area contributed by atoms with Gasteiger partial charge in [-0.25, -0.2) is 0 Å². The number of hydrogen-bond donors (Lipinski definition) is 0. The summed E-state index contributed by atoms with van der Waals surface area (Å²) in [6.45, 7) is 1.87. The molecule has 0 fully saturated rings. The number of fused-ring (bicyclic) bond motifs is 1. The summed E-state index contributed by atoms with van der Waals surface area (Å²) in [6, 6.07) is 1.98. The maximum absolute atomic E-state index is 11.6. The van der Waals surface area contributed by atoms with Crippen LogP contribution in [0.3, 0.4) is 0 Å². The highest BCUT2D eigenvalue weighted by molar-refractivity contribution is 5.65. The average Bonchev–Trinajstić information content (AvgIpc) is 2.32. The number of pyridine rings is 1. The molecular weight excluding hydrogens is 164 g/mol. The van der Waals surface area contributed by atoms with Crippen LogP contribution in [0.4, 0.5) is 0 Å². The molecule has 0 radical (unpaired) electrons. The van der Waals surface area contributed by atoms with Gasteiger partial charge in [0, 0.05) is 37.6 Å². The predicted octanol–water partition coefficient (Wildman–Crippen LogP) is 1.14. The lowest BCUT2D eigenvalue weighted by molar-refractivity contribution is 0.850. The highest BCUT2D eigenvalue weighted by Gasteiger charge is 2.14. The van der Waals surface area contributed by atoms with Gasteiger partial charge >= 0.3 is 0 Å². The fraction of sp³-hybridized carbons (Fsp3) is 0.300. The molecule has 3 nitrogen and oxygen atoms in total. The summed E-state index contributed by atoms with van der Waals surface area (Å²) in [4.78, 5) is 11.6. The van der Waals surface area contributed by atoms with E-state index in [0.717, 1.165) is 16.8 Å². The molecule has 2 rings (SSSR count). The van der Waals surface area contributed by atoms with Crippen molar-refractivity contribution < 1.29 is 0 Å². The fourth-order valence-corrected chi connectivity index (χ4v) is 1.64. The first-order chi connectivity index (χ1) is 6.11. The van der Waals surface area contributed by atoms with Crippen LogP contribution in [0.5, 0.6) is 0 Å². The molecule has 2 aliphatic heterocycles. The van der Waals surface area contributed by atoms with Crippen molar-refractivity contribution >= 4 is 0 Å². The summed E-state index contributed by atoms with van der Waals surface area (Å²) >= 11 is 0. The molecule has 0 amide bonds. The van der Waals surface area contributed by atoms with Gasteiger partial charge in [0.25, 0.3) is 5.56 Å². The van der Waals surface area contributed by atoms with E-state index in [2.05, 4.69) is 0 Å². The molecule has 0 aromatic carbocycles. The molecule has 0 atom stereocenters. The molecule has 0 aromatic heterocycles. The third-order valence-electron chi connectivity index (χ3n) is 2.47. The van der Waals surface area contributed by atoms with E-state index in [0.29, 0.717) is 0 Å². The van der Waals surface area contributed by atoms with E-state index in [1.165, 1.54) is 0 Å². The van der Waals surface area contributed by atoms with Gasteiger partial charge in [-0.1, -0.05) is 0 Å². The van der Waals surface area contributed by atoms with Crippen LogP contribution in [0.25, 0.3) is 11.3 Å². The zero-order chi connectivity index (χ0) is 9.59. The summed E-state index contributed by atoms with van der Waals surface area (Å²) in [7, 11) is 3.75. The van der Waals surface area contributed by atoms with E-state index >= 15 is 0 Å². The van der Waals surface area contributed by atoms with Crippen molar-refractivity contribution in [1.29, 1.82) is 0 Å². The Labute approximate surface area is 76.6 Å². The minimum Gasteiger partial charge on any atom is -0.355 e. The molecule has 0 N–H and O–H groups in total. The molecule has 0 saturated carbocycles. The fourth-order valence-electron chi connectivity index (χ4n) is 1.64. The summed E-state index contributed by atoms with van der Waals surface area (Å²) in [5, 5.41) is 0. The minimum atomic E-state index is 0.0983. The highest BCUT2D eigenvalue weighted by atomic mass is 16.1. The number of aryl methyl sites for hydroxylation is 1. The van der Waals surface area contributed by atoms with E-state index in [-0.39, 0.29) is 5.56 Å². The van der Waals surface area contributed by atoms with Gasteiger partial charge < -0.3 is 9.13 Å². The second kappa shape index (κ2) is 2.49. The quantitative estimate of drug-likeness (QED) is 0.591. The lowest BCUT2D eigenvalue weighted by atomic mass is 10.1. The summed E-state index contributed by atoms with van der Waals surface area (Å²) in [6.07, 6.45) is 3.92. The smallest absolute Gasteiger partial charge is 0.254 e. The molecule has 3 heteroatoms. The molecular formula is C10H12N2O. The van der Waals surface area contributed by atoms with Crippen LogP contribution in [0.1, 0.15) is 5.56 Å². The number of nitrogens with zero attached hydrogens (tertiary/aromatic N) is 2. The SMILES string of the molecule is Cc1c2ccn(C)cc-2n(C)c1=O. The van der Waals surface area contributed by atoms with Gasteiger partial charge in [-0.15, -0.1) is 0 Å². The Hall–Kier alpha value is -1.51. The van der Waals surface area contributed by atoms with E-state index in [1.807, 2.05) is 37.0 Å². The van der Waals surface area contributed by atoms with Gasteiger partial charge in [0.15, 0.2) is 0 Å². The zero-order valence-electron chi connectivity index (χ0n) is 8.03. The third kappa shape index (κ3) is 1.00. The molecule has 2 heterocycles. The van der Waals surface area contributed by atoms with Crippen LogP contribution in [-0.2, 0) is 14.1 Å². The Kier molecular flexibility index (Phi) is 1.55. The van der Waals surface area contributed by atoms with Crippen molar-refractivity contribution in [3.8, 4) is 11.3 Å². The summed E-state index contributed by atoms with van der Waals surface area (Å²) in [5.74, 6) is 0. The molecule has 0 bridgehead atoms. The number of hydrogen-bond acceptors (Lipinski definition) is 1. The van der Waals surface area contributed by atoms with Crippen molar-refractivity contribution in [2.45, 2.75) is 6.92 Å². The average molecular weight is 176 g/mol. The lowest BCUT2D eigenvalue weighted by Gasteiger charge is -2.04. The molecule has 2 aliphatic rings. The molecule has 0 aromatic rings. The van der Waals surface area contributed by atoms with Crippen LogP contribution in [0.2, 0.25) is 0 Å². The number of aromatic nitrogens is 2. The van der Waals surface area contributed by atoms with Crippen molar-refractivity contribution in [3.05, 3.63) is 34.4 Å². The Morgan fingerprint density at radius 1 is 1.31 bits per heavy atom. The zero-order valence-corrected chi connectivity index (χ0v) is 8.03. The van der Waals surface area contributed by atoms with Gasteiger partial charge in [-0.2, -0.15) is 0 Å². The van der Waals surface area contributed by atoms with E-state index in [4.69, 9.17) is 0 Å². The van der Waals surface area contributed by atoms with Crippen LogP contribution in [0.15, 0.2) is 23.3 Å². The lowest BCUT2D eigenvalue weighted by Crippen LogP contribution is -2.11. The monoisotopic (exact) mass is 176 g/mol. The highest BCUT2D eigenvalue weighted by Crippen LogP contribution is 2.21. The second-order valence-electron chi connectivity index (χ2n) is 3.40. The first-order valence-corrected chi connectivity index (χ1v) is 4.22. The van der Waals surface area contributed by atoms with Gasteiger partial charge in [0.2, 0.25) is 0 Å². The van der Waals surface area contributed by atoms with Gasteiger partial charge in [0.05, 0.1) is 5.69 Å². The Bertz CT molecular complexity index is 479. The van der Waals surface area contributed by atoms with E-state index < -0.39 is 0 Å². The topological polar surface area (TPSA) is 26.9 Å². The minimum absolute atomic E-state index is 0.0983.